The summed E-state index contributed by atoms with van der Waals surface area (Å²) in [5.41, 5.74) is 5.21. The Morgan fingerprint density at radius 3 is 2.58 bits per heavy atom. The van der Waals surface area contributed by atoms with Crippen LogP contribution in [0.5, 0.6) is 0 Å². The number of benzene rings is 1. The lowest BCUT2D eigenvalue weighted by atomic mass is 10.0. The predicted molar refractivity (Wildman–Crippen MR) is 127 cm³/mol. The zero-order chi connectivity index (χ0) is 22.0. The molecule has 1 aliphatic carbocycles. The van der Waals surface area contributed by atoms with Gasteiger partial charge in [0.2, 0.25) is 11.1 Å². The second-order valence-electron chi connectivity index (χ2n) is 8.43. The number of nitrogens with zero attached hydrogens (tertiary/aromatic N) is 4. The molecule has 2 aromatic heterocycles. The quantitative estimate of drug-likeness (QED) is 0.449. The average Bonchev–Trinajstić information content (AvgIpc) is 3.45. The number of hydrogen-bond acceptors (Lipinski definition) is 6. The third-order valence-corrected chi connectivity index (χ3v) is 7.48. The SMILES string of the molecule is CC(=O)N(c1nc(CSc2n[nH]c(CC3CCCC3)n2)cs1)c1c(C)cc(C)cc1C. The van der Waals surface area contributed by atoms with Crippen LogP contribution in [0.3, 0.4) is 0 Å². The van der Waals surface area contributed by atoms with Gasteiger partial charge in [-0.3, -0.25) is 14.8 Å². The molecular weight excluding hydrogens is 426 g/mol. The first-order valence-corrected chi connectivity index (χ1v) is 12.6. The molecule has 1 aliphatic rings. The number of thiazole rings is 1. The van der Waals surface area contributed by atoms with Crippen LogP contribution >= 0.6 is 23.1 Å². The molecule has 3 aromatic rings. The predicted octanol–water partition coefficient (Wildman–Crippen LogP) is 5.90. The fourth-order valence-electron chi connectivity index (χ4n) is 4.44. The Morgan fingerprint density at radius 1 is 1.19 bits per heavy atom. The molecule has 1 saturated carbocycles. The van der Waals surface area contributed by atoms with E-state index in [9.17, 15) is 4.79 Å². The van der Waals surface area contributed by atoms with Crippen LogP contribution in [-0.2, 0) is 17.0 Å². The second kappa shape index (κ2) is 9.53. The van der Waals surface area contributed by atoms with E-state index < -0.39 is 0 Å². The number of thioether (sulfide) groups is 1. The van der Waals surface area contributed by atoms with Gasteiger partial charge in [-0.15, -0.1) is 16.4 Å². The van der Waals surface area contributed by atoms with Crippen LogP contribution in [0.1, 0.15) is 60.8 Å². The summed E-state index contributed by atoms with van der Waals surface area (Å²) in [4.78, 5) is 23.7. The minimum absolute atomic E-state index is 0.0332. The third kappa shape index (κ3) is 5.18. The number of carbonyl (C=O) groups excluding carboxylic acids is 1. The van der Waals surface area contributed by atoms with Crippen molar-refractivity contribution >= 4 is 39.8 Å². The highest BCUT2D eigenvalue weighted by molar-refractivity contribution is 7.98. The summed E-state index contributed by atoms with van der Waals surface area (Å²) in [6.45, 7) is 7.75. The van der Waals surface area contributed by atoms with Crippen LogP contribution < -0.4 is 4.90 Å². The average molecular weight is 456 g/mol. The zero-order valence-electron chi connectivity index (χ0n) is 18.6. The molecule has 0 aliphatic heterocycles. The molecule has 4 rings (SSSR count). The Hall–Kier alpha value is -2.19. The van der Waals surface area contributed by atoms with Gasteiger partial charge < -0.3 is 0 Å². The third-order valence-electron chi connectivity index (χ3n) is 5.72. The van der Waals surface area contributed by atoms with Crippen molar-refractivity contribution in [2.24, 2.45) is 5.92 Å². The number of hydrogen-bond donors (Lipinski definition) is 1. The summed E-state index contributed by atoms with van der Waals surface area (Å²) in [6.07, 6.45) is 6.28. The largest absolute Gasteiger partial charge is 0.274 e. The normalized spacial score (nSPS) is 14.3. The van der Waals surface area contributed by atoms with Gasteiger partial charge in [-0.05, 0) is 37.8 Å². The van der Waals surface area contributed by atoms with Gasteiger partial charge in [0.1, 0.15) is 5.82 Å². The van der Waals surface area contributed by atoms with Crippen molar-refractivity contribution < 1.29 is 4.79 Å². The van der Waals surface area contributed by atoms with Crippen molar-refractivity contribution in [3.05, 3.63) is 45.7 Å². The fourth-order valence-corrected chi connectivity index (χ4v) is 6.13. The minimum atomic E-state index is -0.0332. The Balaban J connectivity index is 1.45. The molecule has 0 radical (unpaired) electrons. The lowest BCUT2D eigenvalue weighted by Gasteiger charge is -2.23. The molecule has 0 bridgehead atoms. The lowest BCUT2D eigenvalue weighted by molar-refractivity contribution is -0.115. The number of nitrogens with one attached hydrogen (secondary N) is 1. The first kappa shape index (κ1) is 22.0. The smallest absolute Gasteiger partial charge is 0.230 e. The van der Waals surface area contributed by atoms with Gasteiger partial charge in [0.15, 0.2) is 5.13 Å². The van der Waals surface area contributed by atoms with Crippen LogP contribution in [0.2, 0.25) is 0 Å². The van der Waals surface area contributed by atoms with Crippen LogP contribution in [0.15, 0.2) is 22.7 Å². The monoisotopic (exact) mass is 455 g/mol. The molecule has 2 heterocycles. The van der Waals surface area contributed by atoms with Crippen molar-refractivity contribution in [3.8, 4) is 0 Å². The van der Waals surface area contributed by atoms with E-state index in [4.69, 9.17) is 4.98 Å². The second-order valence-corrected chi connectivity index (χ2v) is 10.2. The first-order valence-electron chi connectivity index (χ1n) is 10.8. The van der Waals surface area contributed by atoms with Crippen molar-refractivity contribution in [1.82, 2.24) is 20.2 Å². The summed E-state index contributed by atoms with van der Waals surface area (Å²) < 4.78 is 0. The van der Waals surface area contributed by atoms with E-state index in [-0.39, 0.29) is 5.91 Å². The number of anilines is 2. The first-order chi connectivity index (χ1) is 14.9. The number of carbonyl (C=O) groups is 1. The summed E-state index contributed by atoms with van der Waals surface area (Å²) >= 11 is 3.07. The summed E-state index contributed by atoms with van der Waals surface area (Å²) in [7, 11) is 0. The molecule has 1 amide bonds. The topological polar surface area (TPSA) is 74.8 Å². The van der Waals surface area contributed by atoms with Gasteiger partial charge in [-0.1, -0.05) is 55.1 Å². The highest BCUT2D eigenvalue weighted by Crippen LogP contribution is 2.35. The van der Waals surface area contributed by atoms with E-state index in [2.05, 4.69) is 34.2 Å². The van der Waals surface area contributed by atoms with Crippen molar-refractivity contribution in [2.75, 3.05) is 4.90 Å². The number of H-pyrrole nitrogens is 1. The number of aromatic amines is 1. The number of aryl methyl sites for hydroxylation is 3. The molecule has 0 unspecified atom stereocenters. The molecular formula is C23H29N5OS2. The number of amides is 1. The van der Waals surface area contributed by atoms with Crippen LogP contribution in [0.25, 0.3) is 0 Å². The standard InChI is InChI=1S/C23H29N5OS2/c1-14-9-15(2)21(16(3)10-14)28(17(4)29)23-24-19(13-31-23)12-30-22-25-20(26-27-22)11-18-7-5-6-8-18/h9-10,13,18H,5-8,11-12H2,1-4H3,(H,25,26,27). The van der Waals surface area contributed by atoms with Crippen LogP contribution in [0, 0.1) is 26.7 Å². The van der Waals surface area contributed by atoms with Crippen molar-refractivity contribution in [3.63, 3.8) is 0 Å². The summed E-state index contributed by atoms with van der Waals surface area (Å²) in [5, 5.41) is 10.9. The molecule has 1 aromatic carbocycles. The van der Waals surface area contributed by atoms with Gasteiger partial charge in [0, 0.05) is 24.5 Å². The van der Waals surface area contributed by atoms with Crippen LogP contribution in [-0.4, -0.2) is 26.1 Å². The van der Waals surface area contributed by atoms with Crippen LogP contribution in [0.4, 0.5) is 10.8 Å². The van der Waals surface area contributed by atoms with Gasteiger partial charge in [0.05, 0.1) is 11.4 Å². The molecule has 164 valence electrons. The van der Waals surface area contributed by atoms with E-state index in [1.54, 1.807) is 23.6 Å². The highest BCUT2D eigenvalue weighted by Gasteiger charge is 2.22. The molecule has 6 nitrogen and oxygen atoms in total. The molecule has 0 saturated heterocycles. The Labute approximate surface area is 191 Å². The maximum absolute atomic E-state index is 12.5. The molecule has 0 atom stereocenters. The van der Waals surface area contributed by atoms with Gasteiger partial charge in [0.25, 0.3) is 0 Å². The van der Waals surface area contributed by atoms with E-state index in [0.29, 0.717) is 10.9 Å². The fraction of sp³-hybridized carbons (Fsp3) is 0.478. The molecule has 1 N–H and O–H groups in total. The molecule has 0 spiro atoms. The Bertz CT molecular complexity index is 1040. The van der Waals surface area contributed by atoms with Gasteiger partial charge in [-0.25, -0.2) is 9.97 Å². The Kier molecular flexibility index (Phi) is 6.77. The molecule has 31 heavy (non-hydrogen) atoms. The van der Waals surface area contributed by atoms with E-state index in [1.165, 1.54) is 42.6 Å². The van der Waals surface area contributed by atoms with E-state index in [0.717, 1.165) is 45.8 Å². The van der Waals surface area contributed by atoms with Gasteiger partial charge in [-0.2, -0.15) is 0 Å². The summed E-state index contributed by atoms with van der Waals surface area (Å²) in [5.74, 6) is 2.38. The van der Waals surface area contributed by atoms with Crippen molar-refractivity contribution in [2.45, 2.75) is 70.7 Å². The maximum Gasteiger partial charge on any atom is 0.230 e. The molecule has 1 fully saturated rings. The molecule has 8 heteroatoms. The lowest BCUT2D eigenvalue weighted by Crippen LogP contribution is -2.24. The maximum atomic E-state index is 12.5. The number of aromatic nitrogens is 4. The van der Waals surface area contributed by atoms with Crippen molar-refractivity contribution in [1.29, 1.82) is 0 Å². The minimum Gasteiger partial charge on any atom is -0.274 e. The van der Waals surface area contributed by atoms with E-state index in [1.807, 2.05) is 19.2 Å². The number of rotatable bonds is 7. The van der Waals surface area contributed by atoms with Gasteiger partial charge >= 0.3 is 0 Å². The van der Waals surface area contributed by atoms with E-state index >= 15 is 0 Å². The highest BCUT2D eigenvalue weighted by atomic mass is 32.2. The zero-order valence-corrected chi connectivity index (χ0v) is 20.2. The Morgan fingerprint density at radius 2 is 1.90 bits per heavy atom. The summed E-state index contributed by atoms with van der Waals surface area (Å²) in [6, 6.07) is 4.21.